The van der Waals surface area contributed by atoms with Gasteiger partial charge >= 0.3 is 0 Å². The number of carbonyl (C=O) groups excluding carboxylic acids is 1. The lowest BCUT2D eigenvalue weighted by Gasteiger charge is -2.29. The van der Waals surface area contributed by atoms with Gasteiger partial charge in [0.2, 0.25) is 5.91 Å². The molecule has 0 saturated heterocycles. The molecular formula is C51H99N2O6P. The van der Waals surface area contributed by atoms with E-state index in [0.29, 0.717) is 17.4 Å². The summed E-state index contributed by atoms with van der Waals surface area (Å²) in [5.74, 6) is -0.200. The SMILES string of the molecule is CCCCCCC/C=C\C/C=C\CCCCCCCCCCCCCCCCCCCCCC(=O)NC(COP(=O)([O-])OCC[N+](C)(C)C)C(O)/C=C/CCCCCCC. The van der Waals surface area contributed by atoms with Crippen molar-refractivity contribution in [1.82, 2.24) is 5.32 Å². The largest absolute Gasteiger partial charge is 0.756 e. The van der Waals surface area contributed by atoms with E-state index in [2.05, 4.69) is 43.5 Å². The Hall–Kier alpha value is -1.28. The van der Waals surface area contributed by atoms with Gasteiger partial charge in [-0.2, -0.15) is 0 Å². The third-order valence-corrected chi connectivity index (χ3v) is 12.3. The zero-order chi connectivity index (χ0) is 44.3. The minimum absolute atomic E-state index is 0.000488. The first-order valence-corrected chi connectivity index (χ1v) is 26.8. The highest BCUT2D eigenvalue weighted by Crippen LogP contribution is 2.38. The number of aliphatic hydroxyl groups is 1. The number of aliphatic hydroxyl groups excluding tert-OH is 1. The van der Waals surface area contributed by atoms with Crippen LogP contribution in [0.4, 0.5) is 0 Å². The lowest BCUT2D eigenvalue weighted by molar-refractivity contribution is -0.870. The van der Waals surface area contributed by atoms with E-state index in [1.807, 2.05) is 27.2 Å². The summed E-state index contributed by atoms with van der Waals surface area (Å²) in [7, 11) is 1.26. The highest BCUT2D eigenvalue weighted by atomic mass is 31.2. The Labute approximate surface area is 372 Å². The second-order valence-electron chi connectivity index (χ2n) is 18.5. The quantitative estimate of drug-likeness (QED) is 0.0273. The van der Waals surface area contributed by atoms with Gasteiger partial charge < -0.3 is 28.8 Å². The van der Waals surface area contributed by atoms with E-state index in [9.17, 15) is 19.4 Å². The first-order chi connectivity index (χ1) is 29.0. The van der Waals surface area contributed by atoms with E-state index in [-0.39, 0.29) is 19.1 Å². The Balaban J connectivity index is 3.90. The maximum atomic E-state index is 12.8. The molecule has 0 aromatic rings. The average Bonchev–Trinajstić information content (AvgIpc) is 3.20. The van der Waals surface area contributed by atoms with Gasteiger partial charge in [0.15, 0.2) is 0 Å². The van der Waals surface area contributed by atoms with Gasteiger partial charge in [0.25, 0.3) is 7.82 Å². The average molecular weight is 867 g/mol. The van der Waals surface area contributed by atoms with Gasteiger partial charge in [0, 0.05) is 6.42 Å². The Morgan fingerprint density at radius 1 is 0.583 bits per heavy atom. The van der Waals surface area contributed by atoms with E-state index in [1.165, 1.54) is 167 Å². The monoisotopic (exact) mass is 867 g/mol. The number of quaternary nitrogens is 1. The predicted molar refractivity (Wildman–Crippen MR) is 256 cm³/mol. The number of rotatable bonds is 46. The molecule has 60 heavy (non-hydrogen) atoms. The van der Waals surface area contributed by atoms with Crippen LogP contribution in [0.5, 0.6) is 0 Å². The summed E-state index contributed by atoms with van der Waals surface area (Å²) in [5.41, 5.74) is 0. The highest BCUT2D eigenvalue weighted by Gasteiger charge is 2.23. The molecule has 0 heterocycles. The van der Waals surface area contributed by atoms with Crippen molar-refractivity contribution in [2.24, 2.45) is 0 Å². The summed E-state index contributed by atoms with van der Waals surface area (Å²) in [6.07, 6.45) is 53.9. The minimum atomic E-state index is -4.58. The fourth-order valence-electron chi connectivity index (χ4n) is 7.30. The van der Waals surface area contributed by atoms with Crippen LogP contribution in [0.3, 0.4) is 0 Å². The molecule has 354 valence electrons. The van der Waals surface area contributed by atoms with Crippen LogP contribution in [0.1, 0.15) is 232 Å². The van der Waals surface area contributed by atoms with E-state index >= 15 is 0 Å². The van der Waals surface area contributed by atoms with Crippen molar-refractivity contribution in [3.8, 4) is 0 Å². The second-order valence-corrected chi connectivity index (χ2v) is 19.9. The maximum absolute atomic E-state index is 12.8. The summed E-state index contributed by atoms with van der Waals surface area (Å²) >= 11 is 0. The molecule has 0 aromatic heterocycles. The van der Waals surface area contributed by atoms with E-state index in [1.54, 1.807) is 6.08 Å². The van der Waals surface area contributed by atoms with Crippen LogP contribution in [0.15, 0.2) is 36.5 Å². The van der Waals surface area contributed by atoms with Gasteiger partial charge in [-0.05, 0) is 51.4 Å². The molecule has 0 radical (unpaired) electrons. The van der Waals surface area contributed by atoms with Crippen molar-refractivity contribution in [2.45, 2.75) is 244 Å². The standard InChI is InChI=1S/C51H99N2O6P/c1-6-8-10-12-14-15-16-17-18-19-20-21-22-23-24-25-26-27-28-29-30-31-32-33-34-35-36-37-39-41-43-45-51(55)52-49(50(54)44-42-40-38-13-11-9-7-2)48-59-60(56,57)58-47-46-53(3,4)5/h16-17,19-20,42,44,49-50,54H,6-15,18,21-41,43,45-48H2,1-5H3,(H-,52,55,56,57)/b17-16-,20-19-,44-42+. The predicted octanol–water partition coefficient (Wildman–Crippen LogP) is 14.0. The molecule has 0 aliphatic heterocycles. The number of phosphoric acid groups is 1. The molecular weight excluding hydrogens is 768 g/mol. The number of amides is 1. The molecule has 3 atom stereocenters. The number of hydrogen-bond acceptors (Lipinski definition) is 6. The number of nitrogens with zero attached hydrogens (tertiary/aromatic N) is 1. The number of allylic oxidation sites excluding steroid dienone is 5. The molecule has 0 aliphatic rings. The molecule has 0 spiro atoms. The molecule has 9 heteroatoms. The van der Waals surface area contributed by atoms with E-state index < -0.39 is 20.0 Å². The third kappa shape index (κ3) is 44.8. The first kappa shape index (κ1) is 58.7. The molecule has 8 nitrogen and oxygen atoms in total. The topological polar surface area (TPSA) is 108 Å². The van der Waals surface area contributed by atoms with Crippen LogP contribution in [-0.4, -0.2) is 68.5 Å². The highest BCUT2D eigenvalue weighted by molar-refractivity contribution is 7.45. The van der Waals surface area contributed by atoms with Crippen molar-refractivity contribution >= 4 is 13.7 Å². The van der Waals surface area contributed by atoms with E-state index in [4.69, 9.17) is 9.05 Å². The Morgan fingerprint density at radius 3 is 1.38 bits per heavy atom. The number of likely N-dealkylation sites (N-methyl/N-ethyl adjacent to an activating group) is 1. The Kier molecular flexibility index (Phi) is 42.1. The summed E-state index contributed by atoms with van der Waals surface area (Å²) < 4.78 is 23.1. The molecule has 0 rings (SSSR count). The molecule has 0 aliphatic carbocycles. The molecule has 2 N–H and O–H groups in total. The lowest BCUT2D eigenvalue weighted by Crippen LogP contribution is -2.45. The van der Waals surface area contributed by atoms with Gasteiger partial charge in [0.05, 0.1) is 39.9 Å². The lowest BCUT2D eigenvalue weighted by atomic mass is 10.0. The van der Waals surface area contributed by atoms with Gasteiger partial charge in [-0.25, -0.2) is 0 Å². The van der Waals surface area contributed by atoms with Gasteiger partial charge in [-0.15, -0.1) is 0 Å². The molecule has 3 unspecified atom stereocenters. The fourth-order valence-corrected chi connectivity index (χ4v) is 8.02. The van der Waals surface area contributed by atoms with Gasteiger partial charge in [-0.1, -0.05) is 211 Å². The van der Waals surface area contributed by atoms with Crippen LogP contribution in [0, 0.1) is 0 Å². The maximum Gasteiger partial charge on any atom is 0.268 e. The zero-order valence-electron chi connectivity index (χ0n) is 40.2. The summed E-state index contributed by atoms with van der Waals surface area (Å²) in [4.78, 5) is 25.2. The van der Waals surface area contributed by atoms with Gasteiger partial charge in [-0.3, -0.25) is 9.36 Å². The number of hydrogen-bond donors (Lipinski definition) is 2. The second kappa shape index (κ2) is 43.0. The van der Waals surface area contributed by atoms with Crippen LogP contribution in [-0.2, 0) is 18.4 Å². The first-order valence-electron chi connectivity index (χ1n) is 25.4. The van der Waals surface area contributed by atoms with Crippen LogP contribution in [0.2, 0.25) is 0 Å². The van der Waals surface area contributed by atoms with Crippen molar-refractivity contribution in [3.05, 3.63) is 36.5 Å². The van der Waals surface area contributed by atoms with Crippen molar-refractivity contribution in [3.63, 3.8) is 0 Å². The summed E-state index contributed by atoms with van der Waals surface area (Å²) in [6.45, 7) is 4.58. The minimum Gasteiger partial charge on any atom is -0.756 e. The summed E-state index contributed by atoms with van der Waals surface area (Å²) in [6, 6.07) is -0.881. The Bertz CT molecular complexity index is 1070. The number of nitrogens with one attached hydrogen (secondary N) is 1. The number of unbranched alkanes of at least 4 members (excludes halogenated alkanes) is 29. The number of carbonyl (C=O) groups is 1. The molecule has 1 amide bonds. The smallest absolute Gasteiger partial charge is 0.268 e. The van der Waals surface area contributed by atoms with Crippen molar-refractivity contribution in [2.75, 3.05) is 40.9 Å². The molecule has 0 fully saturated rings. The fraction of sp³-hybridized carbons (Fsp3) is 0.863. The van der Waals surface area contributed by atoms with Crippen LogP contribution in [0.25, 0.3) is 0 Å². The van der Waals surface area contributed by atoms with Crippen LogP contribution < -0.4 is 10.2 Å². The van der Waals surface area contributed by atoms with Crippen LogP contribution >= 0.6 is 7.82 Å². The Morgan fingerprint density at radius 2 is 0.967 bits per heavy atom. The molecule has 0 bridgehead atoms. The molecule has 0 aromatic carbocycles. The normalized spacial score (nSPS) is 14.4. The van der Waals surface area contributed by atoms with Crippen molar-refractivity contribution < 1.29 is 32.9 Å². The van der Waals surface area contributed by atoms with E-state index in [0.717, 1.165) is 44.9 Å². The third-order valence-electron chi connectivity index (χ3n) is 11.3. The van der Waals surface area contributed by atoms with Gasteiger partial charge in [0.1, 0.15) is 13.2 Å². The summed E-state index contributed by atoms with van der Waals surface area (Å²) in [5, 5.41) is 13.7. The molecule has 0 saturated carbocycles. The number of phosphoric ester groups is 1. The zero-order valence-corrected chi connectivity index (χ0v) is 41.1. The van der Waals surface area contributed by atoms with Crippen molar-refractivity contribution in [1.29, 1.82) is 0 Å².